The van der Waals surface area contributed by atoms with E-state index in [-0.39, 0.29) is 11.5 Å². The van der Waals surface area contributed by atoms with Gasteiger partial charge in [-0.05, 0) is 31.0 Å². The number of alkyl halides is 3. The Morgan fingerprint density at radius 1 is 1.08 bits per heavy atom. The molecule has 0 spiro atoms. The monoisotopic (exact) mass is 380 g/mol. The van der Waals surface area contributed by atoms with Crippen LogP contribution in [-0.4, -0.2) is 20.2 Å². The second-order valence-electron chi connectivity index (χ2n) is 6.04. The molecule has 0 bridgehead atoms. The summed E-state index contributed by atoms with van der Waals surface area (Å²) < 4.78 is 37.8. The summed E-state index contributed by atoms with van der Waals surface area (Å²) >= 11 is 1.70. The highest BCUT2D eigenvalue weighted by atomic mass is 32.1. The molecule has 0 saturated carbocycles. The van der Waals surface area contributed by atoms with Gasteiger partial charge in [0.25, 0.3) is 0 Å². The van der Waals surface area contributed by atoms with Crippen LogP contribution in [0.3, 0.4) is 0 Å². The first-order valence-electron chi connectivity index (χ1n) is 8.51. The molecule has 3 heterocycles. The number of unbranched alkanes of at least 4 members (excludes halogenated alkanes) is 3. The summed E-state index contributed by atoms with van der Waals surface area (Å²) in [6, 6.07) is 5.06. The number of aryl methyl sites for hydroxylation is 1. The van der Waals surface area contributed by atoms with Crippen molar-refractivity contribution in [2.45, 2.75) is 45.2 Å². The molecule has 0 aromatic carbocycles. The highest BCUT2D eigenvalue weighted by molar-refractivity contribution is 7.15. The lowest BCUT2D eigenvalue weighted by molar-refractivity contribution is -0.141. The number of nitrogens with zero attached hydrogens (tertiary/aromatic N) is 3. The second-order valence-corrected chi connectivity index (χ2v) is 7.20. The van der Waals surface area contributed by atoms with Crippen LogP contribution in [0.5, 0.6) is 0 Å². The molecule has 0 amide bonds. The zero-order chi connectivity index (χ0) is 18.6. The van der Waals surface area contributed by atoms with Crippen LogP contribution in [0.2, 0.25) is 0 Å². The van der Waals surface area contributed by atoms with Crippen molar-refractivity contribution in [1.82, 2.24) is 20.2 Å². The molecule has 0 aliphatic heterocycles. The van der Waals surface area contributed by atoms with Gasteiger partial charge in [-0.25, -0.2) is 9.97 Å². The van der Waals surface area contributed by atoms with Gasteiger partial charge < -0.3 is 0 Å². The highest BCUT2D eigenvalue weighted by Crippen LogP contribution is 2.31. The summed E-state index contributed by atoms with van der Waals surface area (Å²) in [5.41, 5.74) is 0.0203. The van der Waals surface area contributed by atoms with Crippen LogP contribution in [0.15, 0.2) is 30.6 Å². The number of rotatable bonds is 7. The predicted octanol–water partition coefficient (Wildman–Crippen LogP) is 5.74. The third-order valence-corrected chi connectivity index (χ3v) is 5.18. The smallest absolute Gasteiger partial charge is 0.274 e. The fraction of sp³-hybridized carbons (Fsp3) is 0.389. The number of hydrogen-bond donors (Lipinski definition) is 1. The first kappa shape index (κ1) is 18.6. The van der Waals surface area contributed by atoms with Crippen molar-refractivity contribution < 1.29 is 13.2 Å². The van der Waals surface area contributed by atoms with Crippen molar-refractivity contribution in [2.24, 2.45) is 0 Å². The van der Waals surface area contributed by atoms with Crippen LogP contribution in [-0.2, 0) is 12.6 Å². The van der Waals surface area contributed by atoms with Gasteiger partial charge in [-0.15, -0.1) is 11.3 Å². The van der Waals surface area contributed by atoms with Crippen molar-refractivity contribution in [2.75, 3.05) is 0 Å². The molecule has 3 aromatic rings. The van der Waals surface area contributed by atoms with Gasteiger partial charge in [0.2, 0.25) is 0 Å². The largest absolute Gasteiger partial charge is 0.435 e. The van der Waals surface area contributed by atoms with Gasteiger partial charge in [0.15, 0.2) is 11.5 Å². The second kappa shape index (κ2) is 7.99. The van der Waals surface area contributed by atoms with E-state index in [9.17, 15) is 13.2 Å². The summed E-state index contributed by atoms with van der Waals surface area (Å²) in [5.74, 6) is 0.188. The lowest BCUT2D eigenvalue weighted by atomic mass is 10.1. The number of aromatic nitrogens is 4. The predicted molar refractivity (Wildman–Crippen MR) is 95.8 cm³/mol. The quantitative estimate of drug-likeness (QED) is 0.532. The van der Waals surface area contributed by atoms with Crippen LogP contribution >= 0.6 is 11.3 Å². The Hall–Kier alpha value is -2.22. The molecule has 0 fully saturated rings. The molecule has 0 atom stereocenters. The molecule has 3 aromatic heterocycles. The first-order valence-corrected chi connectivity index (χ1v) is 9.33. The molecule has 26 heavy (non-hydrogen) atoms. The van der Waals surface area contributed by atoms with Crippen molar-refractivity contribution in [3.63, 3.8) is 0 Å². The molecule has 138 valence electrons. The first-order chi connectivity index (χ1) is 12.5. The van der Waals surface area contributed by atoms with Crippen LogP contribution in [0, 0.1) is 0 Å². The molecule has 0 saturated heterocycles. The number of hydrogen-bond acceptors (Lipinski definition) is 4. The molecule has 3 rings (SSSR count). The molecule has 4 nitrogen and oxygen atoms in total. The maximum Gasteiger partial charge on any atom is 0.435 e. The van der Waals surface area contributed by atoms with Gasteiger partial charge in [-0.3, -0.25) is 5.10 Å². The average molecular weight is 380 g/mol. The Bertz CT molecular complexity index is 837. The summed E-state index contributed by atoms with van der Waals surface area (Å²) in [6.45, 7) is 2.19. The zero-order valence-electron chi connectivity index (χ0n) is 14.3. The minimum Gasteiger partial charge on any atom is -0.274 e. The zero-order valence-corrected chi connectivity index (χ0v) is 15.1. The van der Waals surface area contributed by atoms with Gasteiger partial charge >= 0.3 is 6.18 Å². The fourth-order valence-corrected chi connectivity index (χ4v) is 3.59. The Morgan fingerprint density at radius 3 is 2.50 bits per heavy atom. The van der Waals surface area contributed by atoms with E-state index in [0.29, 0.717) is 0 Å². The number of H-pyrrole nitrogens is 1. The SMILES string of the molecule is CCCCCCc1ccc(-c2cnc(-c3cc(C(F)(F)F)n[nH]3)nc2)s1. The average Bonchev–Trinajstić information content (AvgIpc) is 3.28. The molecule has 0 aliphatic carbocycles. The number of thiophene rings is 1. The van der Waals surface area contributed by atoms with Crippen LogP contribution in [0.1, 0.15) is 43.2 Å². The van der Waals surface area contributed by atoms with Crippen LogP contribution in [0.4, 0.5) is 13.2 Å². The van der Waals surface area contributed by atoms with Crippen molar-refractivity contribution in [3.05, 3.63) is 41.2 Å². The lowest BCUT2D eigenvalue weighted by Gasteiger charge is -2.00. The van der Waals surface area contributed by atoms with E-state index in [1.165, 1.54) is 30.6 Å². The number of nitrogens with one attached hydrogen (secondary N) is 1. The van der Waals surface area contributed by atoms with Crippen molar-refractivity contribution >= 4 is 11.3 Å². The lowest BCUT2D eigenvalue weighted by Crippen LogP contribution is -2.04. The molecule has 0 aliphatic rings. The highest BCUT2D eigenvalue weighted by Gasteiger charge is 2.34. The number of aromatic amines is 1. The van der Waals surface area contributed by atoms with Gasteiger partial charge in [0.05, 0.1) is 0 Å². The van der Waals surface area contributed by atoms with Crippen molar-refractivity contribution in [1.29, 1.82) is 0 Å². The summed E-state index contributed by atoms with van der Waals surface area (Å²) in [5, 5.41) is 5.59. The Morgan fingerprint density at radius 2 is 1.85 bits per heavy atom. The van der Waals surface area contributed by atoms with Crippen LogP contribution in [0.25, 0.3) is 22.0 Å². The van der Waals surface area contributed by atoms with E-state index in [0.717, 1.165) is 22.9 Å². The topological polar surface area (TPSA) is 54.5 Å². The van der Waals surface area contributed by atoms with E-state index < -0.39 is 11.9 Å². The Labute approximate surface area is 153 Å². The van der Waals surface area contributed by atoms with Gasteiger partial charge in [-0.2, -0.15) is 18.3 Å². The number of halogens is 3. The molecular formula is C18H19F3N4S. The standard InChI is InChI=1S/C18H19F3N4S/c1-2-3-4-5-6-13-7-8-15(26-13)12-10-22-17(23-11-12)14-9-16(25-24-14)18(19,20)21/h7-11H,2-6H2,1H3,(H,24,25). The maximum absolute atomic E-state index is 12.6. The summed E-state index contributed by atoms with van der Waals surface area (Å²) in [7, 11) is 0. The third kappa shape index (κ3) is 4.49. The maximum atomic E-state index is 12.6. The fourth-order valence-electron chi connectivity index (χ4n) is 2.57. The summed E-state index contributed by atoms with van der Waals surface area (Å²) in [4.78, 5) is 10.7. The normalized spacial score (nSPS) is 11.8. The molecule has 0 unspecified atom stereocenters. The van der Waals surface area contributed by atoms with E-state index >= 15 is 0 Å². The minimum atomic E-state index is -4.49. The van der Waals surface area contributed by atoms with Crippen LogP contribution < -0.4 is 0 Å². The van der Waals surface area contributed by atoms with E-state index in [2.05, 4.69) is 33.2 Å². The minimum absolute atomic E-state index is 0.145. The van der Waals surface area contributed by atoms with Gasteiger partial charge in [-0.1, -0.05) is 26.2 Å². The Kier molecular flexibility index (Phi) is 5.70. The molecule has 1 N–H and O–H groups in total. The third-order valence-electron chi connectivity index (χ3n) is 3.98. The molecule has 8 heteroatoms. The van der Waals surface area contributed by atoms with Gasteiger partial charge in [0.1, 0.15) is 5.69 Å². The van der Waals surface area contributed by atoms with E-state index in [4.69, 9.17) is 0 Å². The van der Waals surface area contributed by atoms with E-state index in [1.807, 2.05) is 6.07 Å². The summed E-state index contributed by atoms with van der Waals surface area (Å²) in [6.07, 6.45) is 4.75. The molecular weight excluding hydrogens is 361 g/mol. The van der Waals surface area contributed by atoms with E-state index in [1.54, 1.807) is 23.7 Å². The van der Waals surface area contributed by atoms with Crippen molar-refractivity contribution in [3.8, 4) is 22.0 Å². The molecule has 0 radical (unpaired) electrons. The van der Waals surface area contributed by atoms with Gasteiger partial charge in [0, 0.05) is 27.7 Å². The Balaban J connectivity index is 1.68.